The number of hydrogen-bond acceptors (Lipinski definition) is 3. The van der Waals surface area contributed by atoms with Gasteiger partial charge in [0.05, 0.1) is 16.7 Å². The molecule has 0 aliphatic rings. The van der Waals surface area contributed by atoms with Crippen molar-refractivity contribution < 1.29 is 5.11 Å². The molecule has 0 amide bonds. The highest BCUT2D eigenvalue weighted by Crippen LogP contribution is 2.30. The summed E-state index contributed by atoms with van der Waals surface area (Å²) in [4.78, 5) is 4.63. The van der Waals surface area contributed by atoms with Crippen LogP contribution in [-0.4, -0.2) is 14.7 Å². The summed E-state index contributed by atoms with van der Waals surface area (Å²) in [5.74, 6) is 0.896. The topological polar surface area (TPSA) is 64.1 Å². The molecular formula is C15H14ClN3O. The van der Waals surface area contributed by atoms with Gasteiger partial charge in [0.1, 0.15) is 11.6 Å². The van der Waals surface area contributed by atoms with Gasteiger partial charge in [0.15, 0.2) is 0 Å². The lowest BCUT2D eigenvalue weighted by molar-refractivity contribution is 0.478. The number of hydrogen-bond donors (Lipinski definition) is 2. The smallest absolute Gasteiger partial charge is 0.141 e. The Morgan fingerprint density at radius 1 is 1.25 bits per heavy atom. The van der Waals surface area contributed by atoms with Crippen molar-refractivity contribution in [1.82, 2.24) is 9.55 Å². The van der Waals surface area contributed by atoms with Crippen LogP contribution in [0.25, 0.3) is 22.4 Å². The molecule has 0 aliphatic carbocycles. The number of phenolic OH excluding ortho intramolecular Hbond substituents is 1. The summed E-state index contributed by atoms with van der Waals surface area (Å²) in [5, 5.41) is 10.2. The standard InChI is InChI=1S/C15H14ClN3O/c1-2-19-13-5-4-10(16)8-12(13)18-15(19)9-3-6-14(20)11(17)7-9/h3-8,20H,2,17H2,1H3. The first-order chi connectivity index (χ1) is 9.60. The maximum absolute atomic E-state index is 9.52. The molecule has 0 saturated heterocycles. The van der Waals surface area contributed by atoms with E-state index >= 15 is 0 Å². The molecular weight excluding hydrogens is 274 g/mol. The summed E-state index contributed by atoms with van der Waals surface area (Å²) < 4.78 is 2.09. The van der Waals surface area contributed by atoms with Gasteiger partial charge in [-0.2, -0.15) is 0 Å². The summed E-state index contributed by atoms with van der Waals surface area (Å²) in [6.07, 6.45) is 0. The molecule has 0 fully saturated rings. The maximum Gasteiger partial charge on any atom is 0.141 e. The molecule has 102 valence electrons. The van der Waals surface area contributed by atoms with Crippen LogP contribution in [0.4, 0.5) is 5.69 Å². The molecule has 0 bridgehead atoms. The zero-order valence-electron chi connectivity index (χ0n) is 11.0. The fraction of sp³-hybridized carbons (Fsp3) is 0.133. The van der Waals surface area contributed by atoms with Gasteiger partial charge in [0, 0.05) is 17.1 Å². The third-order valence-electron chi connectivity index (χ3n) is 3.31. The van der Waals surface area contributed by atoms with E-state index in [4.69, 9.17) is 17.3 Å². The molecule has 0 atom stereocenters. The Morgan fingerprint density at radius 3 is 2.75 bits per heavy atom. The first-order valence-corrected chi connectivity index (χ1v) is 6.72. The quantitative estimate of drug-likeness (QED) is 0.558. The van der Waals surface area contributed by atoms with E-state index in [1.807, 2.05) is 18.2 Å². The normalized spacial score (nSPS) is 11.1. The zero-order valence-corrected chi connectivity index (χ0v) is 11.7. The molecule has 3 rings (SSSR count). The zero-order chi connectivity index (χ0) is 14.3. The van der Waals surface area contributed by atoms with Gasteiger partial charge < -0.3 is 15.4 Å². The Hall–Kier alpha value is -2.20. The lowest BCUT2D eigenvalue weighted by Gasteiger charge is -2.07. The SMILES string of the molecule is CCn1c(-c2ccc(O)c(N)c2)nc2cc(Cl)ccc21. The van der Waals surface area contributed by atoms with Gasteiger partial charge in [-0.3, -0.25) is 0 Å². The van der Waals surface area contributed by atoms with Crippen molar-refractivity contribution in [2.45, 2.75) is 13.5 Å². The number of aromatic nitrogens is 2. The summed E-state index contributed by atoms with van der Waals surface area (Å²) in [7, 11) is 0. The molecule has 5 heteroatoms. The van der Waals surface area contributed by atoms with Crippen molar-refractivity contribution in [1.29, 1.82) is 0 Å². The molecule has 4 nitrogen and oxygen atoms in total. The average Bonchev–Trinajstić information content (AvgIpc) is 2.79. The second-order valence-corrected chi connectivity index (χ2v) is 5.02. The Morgan fingerprint density at radius 2 is 2.05 bits per heavy atom. The van der Waals surface area contributed by atoms with Crippen molar-refractivity contribution in [2.75, 3.05) is 5.73 Å². The minimum absolute atomic E-state index is 0.0796. The molecule has 0 unspecified atom stereocenters. The maximum atomic E-state index is 9.52. The van der Waals surface area contributed by atoms with Crippen LogP contribution in [0.15, 0.2) is 36.4 Å². The van der Waals surface area contributed by atoms with E-state index in [0.717, 1.165) is 29.0 Å². The molecule has 20 heavy (non-hydrogen) atoms. The predicted molar refractivity (Wildman–Crippen MR) is 81.9 cm³/mol. The number of phenols is 1. The van der Waals surface area contributed by atoms with Crippen LogP contribution in [-0.2, 0) is 6.54 Å². The largest absolute Gasteiger partial charge is 0.506 e. The van der Waals surface area contributed by atoms with Crippen LogP contribution in [0.2, 0.25) is 5.02 Å². The molecule has 0 spiro atoms. The number of halogens is 1. The summed E-state index contributed by atoms with van der Waals surface area (Å²) in [6, 6.07) is 10.8. The van der Waals surface area contributed by atoms with Gasteiger partial charge >= 0.3 is 0 Å². The van der Waals surface area contributed by atoms with Gasteiger partial charge in [-0.25, -0.2) is 4.98 Å². The number of aryl methyl sites for hydroxylation is 1. The number of nitrogens with zero attached hydrogens (tertiary/aromatic N) is 2. The van der Waals surface area contributed by atoms with Crippen molar-refractivity contribution >= 4 is 28.3 Å². The molecule has 3 aromatic rings. The number of aromatic hydroxyl groups is 1. The lowest BCUT2D eigenvalue weighted by Crippen LogP contribution is -1.98. The summed E-state index contributed by atoms with van der Waals surface area (Å²) >= 11 is 6.01. The number of imidazole rings is 1. The van der Waals surface area contributed by atoms with E-state index < -0.39 is 0 Å². The van der Waals surface area contributed by atoms with Crippen LogP contribution in [0.3, 0.4) is 0 Å². The van der Waals surface area contributed by atoms with Crippen molar-refractivity contribution in [3.8, 4) is 17.1 Å². The number of fused-ring (bicyclic) bond motifs is 1. The van der Waals surface area contributed by atoms with E-state index in [0.29, 0.717) is 10.7 Å². The highest BCUT2D eigenvalue weighted by Gasteiger charge is 2.12. The van der Waals surface area contributed by atoms with Gasteiger partial charge in [-0.15, -0.1) is 0 Å². The molecule has 0 saturated carbocycles. The van der Waals surface area contributed by atoms with E-state index in [-0.39, 0.29) is 5.75 Å². The monoisotopic (exact) mass is 287 g/mol. The minimum atomic E-state index is 0.0796. The Kier molecular flexibility index (Phi) is 3.03. The number of nitrogen functional groups attached to an aromatic ring is 1. The second kappa shape index (κ2) is 4.72. The fourth-order valence-corrected chi connectivity index (χ4v) is 2.50. The second-order valence-electron chi connectivity index (χ2n) is 4.59. The number of anilines is 1. The van der Waals surface area contributed by atoms with Crippen molar-refractivity contribution in [3.63, 3.8) is 0 Å². The van der Waals surface area contributed by atoms with Crippen molar-refractivity contribution in [2.24, 2.45) is 0 Å². The summed E-state index contributed by atoms with van der Waals surface area (Å²) in [5.41, 5.74) is 8.85. The number of nitrogens with two attached hydrogens (primary N) is 1. The first kappa shape index (κ1) is 12.8. The lowest BCUT2D eigenvalue weighted by atomic mass is 10.2. The molecule has 2 aromatic carbocycles. The van der Waals surface area contributed by atoms with Crippen LogP contribution in [0.1, 0.15) is 6.92 Å². The molecule has 1 heterocycles. The average molecular weight is 288 g/mol. The van der Waals surface area contributed by atoms with E-state index in [9.17, 15) is 5.11 Å². The molecule has 1 aromatic heterocycles. The number of rotatable bonds is 2. The van der Waals surface area contributed by atoms with Gasteiger partial charge in [0.25, 0.3) is 0 Å². The Balaban J connectivity index is 2.26. The van der Waals surface area contributed by atoms with Crippen LogP contribution >= 0.6 is 11.6 Å². The van der Waals surface area contributed by atoms with Crippen LogP contribution in [0.5, 0.6) is 5.75 Å². The third kappa shape index (κ3) is 1.98. The van der Waals surface area contributed by atoms with E-state index in [1.165, 1.54) is 0 Å². The van der Waals surface area contributed by atoms with Crippen molar-refractivity contribution in [3.05, 3.63) is 41.4 Å². The Bertz CT molecular complexity index is 795. The van der Waals surface area contributed by atoms with Gasteiger partial charge in [0.2, 0.25) is 0 Å². The molecule has 3 N–H and O–H groups in total. The van der Waals surface area contributed by atoms with E-state index in [1.54, 1.807) is 18.2 Å². The molecule has 0 aliphatic heterocycles. The van der Waals surface area contributed by atoms with Crippen LogP contribution in [0, 0.1) is 0 Å². The first-order valence-electron chi connectivity index (χ1n) is 6.35. The van der Waals surface area contributed by atoms with Gasteiger partial charge in [-0.1, -0.05) is 11.6 Å². The third-order valence-corrected chi connectivity index (χ3v) is 3.55. The number of benzene rings is 2. The minimum Gasteiger partial charge on any atom is -0.506 e. The van der Waals surface area contributed by atoms with Gasteiger partial charge in [-0.05, 0) is 43.3 Å². The predicted octanol–water partition coefficient (Wildman–Crippen LogP) is 3.66. The highest BCUT2D eigenvalue weighted by molar-refractivity contribution is 6.31. The summed E-state index contributed by atoms with van der Waals surface area (Å²) in [6.45, 7) is 2.84. The van der Waals surface area contributed by atoms with Crippen LogP contribution < -0.4 is 5.73 Å². The Labute approximate surface area is 121 Å². The highest BCUT2D eigenvalue weighted by atomic mass is 35.5. The molecule has 0 radical (unpaired) electrons. The fourth-order valence-electron chi connectivity index (χ4n) is 2.34. The van der Waals surface area contributed by atoms with E-state index in [2.05, 4.69) is 16.5 Å².